The van der Waals surface area contributed by atoms with Crippen molar-refractivity contribution in [2.24, 2.45) is 5.92 Å². The third-order valence-corrected chi connectivity index (χ3v) is 3.45. The quantitative estimate of drug-likeness (QED) is 0.813. The number of hydrogen-bond acceptors (Lipinski definition) is 3. The Hall–Kier alpha value is -1.48. The monoisotopic (exact) mass is 289 g/mol. The third kappa shape index (κ3) is 3.79. The van der Waals surface area contributed by atoms with Gasteiger partial charge in [-0.15, -0.1) is 0 Å². The van der Waals surface area contributed by atoms with Crippen LogP contribution in [0.5, 0.6) is 5.75 Å². The van der Waals surface area contributed by atoms with Crippen LogP contribution in [0.1, 0.15) is 45.9 Å². The van der Waals surface area contributed by atoms with Crippen LogP contribution < -0.4 is 10.1 Å². The van der Waals surface area contributed by atoms with Gasteiger partial charge >= 0.3 is 0 Å². The Morgan fingerprint density at radius 2 is 1.95 bits per heavy atom. The molecule has 0 radical (unpaired) electrons. The van der Waals surface area contributed by atoms with Gasteiger partial charge < -0.3 is 14.5 Å². The van der Waals surface area contributed by atoms with Crippen molar-refractivity contribution in [1.29, 1.82) is 0 Å². The van der Waals surface area contributed by atoms with E-state index in [0.717, 1.165) is 30.1 Å². The van der Waals surface area contributed by atoms with E-state index in [9.17, 15) is 0 Å². The van der Waals surface area contributed by atoms with Crippen LogP contribution in [-0.4, -0.2) is 12.6 Å². The number of hydrogen-bond donors (Lipinski definition) is 1. The molecule has 0 amide bonds. The summed E-state index contributed by atoms with van der Waals surface area (Å²) >= 11 is 0. The lowest BCUT2D eigenvalue weighted by Crippen LogP contribution is -2.22. The van der Waals surface area contributed by atoms with E-state index in [2.05, 4.69) is 39.1 Å². The van der Waals surface area contributed by atoms with E-state index in [0.29, 0.717) is 18.6 Å². The highest BCUT2D eigenvalue weighted by atomic mass is 16.5. The van der Waals surface area contributed by atoms with Crippen molar-refractivity contribution in [1.82, 2.24) is 5.32 Å². The molecule has 0 unspecified atom stereocenters. The lowest BCUT2D eigenvalue weighted by atomic mass is 9.99. The van der Waals surface area contributed by atoms with Crippen LogP contribution >= 0.6 is 0 Å². The van der Waals surface area contributed by atoms with Crippen molar-refractivity contribution in [3.05, 3.63) is 29.5 Å². The predicted octanol–water partition coefficient (Wildman–Crippen LogP) is 4.53. The molecule has 116 valence electrons. The molecule has 0 saturated heterocycles. The Balaban J connectivity index is 2.46. The molecule has 0 bridgehead atoms. The number of benzene rings is 1. The zero-order valence-electron chi connectivity index (χ0n) is 13.8. The Morgan fingerprint density at radius 3 is 2.57 bits per heavy atom. The first-order chi connectivity index (χ1) is 10.0. The molecular weight excluding hydrogens is 262 g/mol. The summed E-state index contributed by atoms with van der Waals surface area (Å²) in [5, 5.41) is 4.64. The van der Waals surface area contributed by atoms with Gasteiger partial charge in [0, 0.05) is 17.0 Å². The average Bonchev–Trinajstić information content (AvgIpc) is 2.76. The summed E-state index contributed by atoms with van der Waals surface area (Å²) in [6.45, 7) is 12.2. The second kappa shape index (κ2) is 6.99. The number of nitrogens with one attached hydrogen (secondary N) is 1. The number of rotatable bonds is 7. The van der Waals surface area contributed by atoms with Crippen LogP contribution in [0.25, 0.3) is 11.0 Å². The first-order valence-corrected chi connectivity index (χ1v) is 7.92. The zero-order valence-corrected chi connectivity index (χ0v) is 13.8. The Labute approximate surface area is 127 Å². The highest BCUT2D eigenvalue weighted by molar-refractivity contribution is 5.87. The molecular formula is C18H27NO2. The summed E-state index contributed by atoms with van der Waals surface area (Å²) in [5.41, 5.74) is 2.20. The SMILES string of the molecule is CCOc1cccc2c(CC(C)C)c(CNC(C)C)oc12. The van der Waals surface area contributed by atoms with Crippen molar-refractivity contribution in [3.63, 3.8) is 0 Å². The van der Waals surface area contributed by atoms with Crippen molar-refractivity contribution in [2.45, 2.75) is 53.6 Å². The van der Waals surface area contributed by atoms with Gasteiger partial charge in [-0.3, -0.25) is 0 Å². The molecule has 2 aromatic rings. The van der Waals surface area contributed by atoms with Crippen molar-refractivity contribution in [2.75, 3.05) is 6.61 Å². The maximum atomic E-state index is 6.15. The Morgan fingerprint density at radius 1 is 1.19 bits per heavy atom. The topological polar surface area (TPSA) is 34.4 Å². The minimum absolute atomic E-state index is 0.441. The van der Waals surface area contributed by atoms with Crippen LogP contribution in [0.4, 0.5) is 0 Å². The van der Waals surface area contributed by atoms with E-state index in [4.69, 9.17) is 9.15 Å². The van der Waals surface area contributed by atoms with Crippen molar-refractivity contribution in [3.8, 4) is 5.75 Å². The van der Waals surface area contributed by atoms with Gasteiger partial charge in [-0.05, 0) is 25.3 Å². The van der Waals surface area contributed by atoms with E-state index >= 15 is 0 Å². The van der Waals surface area contributed by atoms with E-state index in [-0.39, 0.29) is 0 Å². The predicted molar refractivity (Wildman–Crippen MR) is 87.9 cm³/mol. The smallest absolute Gasteiger partial charge is 0.176 e. The molecule has 1 aromatic heterocycles. The molecule has 0 atom stereocenters. The van der Waals surface area contributed by atoms with E-state index < -0.39 is 0 Å². The van der Waals surface area contributed by atoms with Gasteiger partial charge in [0.05, 0.1) is 13.2 Å². The van der Waals surface area contributed by atoms with Gasteiger partial charge in [0.15, 0.2) is 11.3 Å². The zero-order chi connectivity index (χ0) is 15.4. The summed E-state index contributed by atoms with van der Waals surface area (Å²) in [5.74, 6) is 2.48. The van der Waals surface area contributed by atoms with Gasteiger partial charge in [0.25, 0.3) is 0 Å². The summed E-state index contributed by atoms with van der Waals surface area (Å²) in [4.78, 5) is 0. The minimum atomic E-state index is 0.441. The molecule has 0 spiro atoms. The molecule has 3 heteroatoms. The van der Waals surface area contributed by atoms with Crippen LogP contribution in [0.3, 0.4) is 0 Å². The summed E-state index contributed by atoms with van der Waals surface area (Å²) in [6.07, 6.45) is 1.03. The number of furan rings is 1. The van der Waals surface area contributed by atoms with Crippen LogP contribution in [0.15, 0.2) is 22.6 Å². The van der Waals surface area contributed by atoms with Gasteiger partial charge in [-0.2, -0.15) is 0 Å². The standard InChI is InChI=1S/C18H27NO2/c1-6-20-16-9-7-8-14-15(10-12(2)3)17(21-18(14)16)11-19-13(4)5/h7-9,12-13,19H,6,10-11H2,1-5H3. The van der Waals surface area contributed by atoms with Crippen LogP contribution in [-0.2, 0) is 13.0 Å². The van der Waals surface area contributed by atoms with E-state index in [1.54, 1.807) is 0 Å². The molecule has 0 aliphatic heterocycles. The van der Waals surface area contributed by atoms with Gasteiger partial charge in [0.1, 0.15) is 5.76 Å². The molecule has 2 rings (SSSR count). The summed E-state index contributed by atoms with van der Waals surface area (Å²) in [6, 6.07) is 6.61. The average molecular weight is 289 g/mol. The first kappa shape index (κ1) is 15.9. The normalized spacial score (nSPS) is 11.8. The summed E-state index contributed by atoms with van der Waals surface area (Å²) in [7, 11) is 0. The number of para-hydroxylation sites is 1. The highest BCUT2D eigenvalue weighted by Crippen LogP contribution is 2.34. The fourth-order valence-electron chi connectivity index (χ4n) is 2.53. The molecule has 0 saturated carbocycles. The first-order valence-electron chi connectivity index (χ1n) is 7.92. The lowest BCUT2D eigenvalue weighted by molar-refractivity contribution is 0.337. The number of ether oxygens (including phenoxy) is 1. The third-order valence-electron chi connectivity index (χ3n) is 3.45. The second-order valence-corrected chi connectivity index (χ2v) is 6.20. The van der Waals surface area contributed by atoms with Crippen molar-refractivity contribution < 1.29 is 9.15 Å². The molecule has 0 fully saturated rings. The summed E-state index contributed by atoms with van der Waals surface area (Å²) < 4.78 is 11.9. The van der Waals surface area contributed by atoms with E-state index in [1.807, 2.05) is 19.1 Å². The maximum Gasteiger partial charge on any atom is 0.176 e. The molecule has 1 aromatic carbocycles. The lowest BCUT2D eigenvalue weighted by Gasteiger charge is -2.09. The highest BCUT2D eigenvalue weighted by Gasteiger charge is 2.18. The number of fused-ring (bicyclic) bond motifs is 1. The minimum Gasteiger partial charge on any atom is -0.490 e. The molecule has 3 nitrogen and oxygen atoms in total. The Kier molecular flexibility index (Phi) is 5.29. The van der Waals surface area contributed by atoms with Crippen LogP contribution in [0, 0.1) is 5.92 Å². The second-order valence-electron chi connectivity index (χ2n) is 6.20. The van der Waals surface area contributed by atoms with Crippen LogP contribution in [0.2, 0.25) is 0 Å². The fraction of sp³-hybridized carbons (Fsp3) is 0.556. The van der Waals surface area contributed by atoms with Crippen molar-refractivity contribution >= 4 is 11.0 Å². The molecule has 1 heterocycles. The van der Waals surface area contributed by atoms with E-state index in [1.165, 1.54) is 10.9 Å². The molecule has 0 aliphatic carbocycles. The largest absolute Gasteiger partial charge is 0.490 e. The molecule has 21 heavy (non-hydrogen) atoms. The maximum absolute atomic E-state index is 6.15. The fourth-order valence-corrected chi connectivity index (χ4v) is 2.53. The molecule has 1 N–H and O–H groups in total. The van der Waals surface area contributed by atoms with Gasteiger partial charge in [0.2, 0.25) is 0 Å². The Bertz CT molecular complexity index is 584. The van der Waals surface area contributed by atoms with Gasteiger partial charge in [-0.1, -0.05) is 39.8 Å². The molecule has 0 aliphatic rings. The van der Waals surface area contributed by atoms with Gasteiger partial charge in [-0.25, -0.2) is 0 Å².